The van der Waals surface area contributed by atoms with Crippen LogP contribution in [0.25, 0.3) is 0 Å². The normalized spacial score (nSPS) is 25.5. The summed E-state index contributed by atoms with van der Waals surface area (Å²) in [6, 6.07) is 0. The second-order valence-corrected chi connectivity index (χ2v) is 9.44. The highest BCUT2D eigenvalue weighted by Gasteiger charge is 2.33. The van der Waals surface area contributed by atoms with Crippen LogP contribution in [0.3, 0.4) is 0 Å². The molecule has 1 aromatic rings. The molecule has 2 amide bonds. The van der Waals surface area contributed by atoms with E-state index in [2.05, 4.69) is 10.3 Å². The molecule has 10 nitrogen and oxygen atoms in total. The van der Waals surface area contributed by atoms with E-state index in [4.69, 9.17) is 9.15 Å². The number of nitrogens with one attached hydrogen (secondary N) is 1. The highest BCUT2D eigenvalue weighted by atomic mass is 16.5. The van der Waals surface area contributed by atoms with Crippen molar-refractivity contribution in [1.29, 1.82) is 0 Å². The van der Waals surface area contributed by atoms with Crippen LogP contribution in [0.5, 0.6) is 0 Å². The molecule has 0 aliphatic carbocycles. The number of fused-ring (bicyclic) bond motifs is 3. The Kier molecular flexibility index (Phi) is 9.35. The molecule has 2 N–H and O–H groups in total. The van der Waals surface area contributed by atoms with Crippen molar-refractivity contribution in [2.75, 3.05) is 13.1 Å². The molecule has 2 aliphatic rings. The molecule has 37 heavy (non-hydrogen) atoms. The summed E-state index contributed by atoms with van der Waals surface area (Å²) in [5.74, 6) is -2.42. The number of rotatable bonds is 1. The number of carbonyl (C=O) groups is 4. The van der Waals surface area contributed by atoms with Crippen LogP contribution in [-0.2, 0) is 25.5 Å². The van der Waals surface area contributed by atoms with Gasteiger partial charge in [-0.3, -0.25) is 14.4 Å². The van der Waals surface area contributed by atoms with Crippen LogP contribution in [0, 0.1) is 11.8 Å². The lowest BCUT2D eigenvalue weighted by Crippen LogP contribution is -2.36. The van der Waals surface area contributed by atoms with Crippen molar-refractivity contribution in [3.63, 3.8) is 0 Å². The van der Waals surface area contributed by atoms with Crippen molar-refractivity contribution < 1.29 is 33.4 Å². The summed E-state index contributed by atoms with van der Waals surface area (Å²) in [5.41, 5.74) is 0.673. The third-order valence-corrected chi connectivity index (χ3v) is 6.03. The van der Waals surface area contributed by atoms with Gasteiger partial charge >= 0.3 is 5.97 Å². The van der Waals surface area contributed by atoms with E-state index in [0.29, 0.717) is 12.0 Å². The Morgan fingerprint density at radius 3 is 2.68 bits per heavy atom. The topological polar surface area (TPSA) is 139 Å². The van der Waals surface area contributed by atoms with Gasteiger partial charge < -0.3 is 24.5 Å². The Hall–Kier alpha value is -3.79. The van der Waals surface area contributed by atoms with E-state index in [0.717, 1.165) is 6.26 Å². The molecule has 3 rings (SSSR count). The average molecular weight is 512 g/mol. The molecule has 0 radical (unpaired) electrons. The minimum atomic E-state index is -1.40. The minimum absolute atomic E-state index is 0.0216. The number of cyclic esters (lactones) is 1. The fourth-order valence-corrected chi connectivity index (χ4v) is 4.09. The highest BCUT2D eigenvalue weighted by Crippen LogP contribution is 2.24. The minimum Gasteiger partial charge on any atom is -0.457 e. The molecular weight excluding hydrogens is 478 g/mol. The van der Waals surface area contributed by atoms with Crippen LogP contribution in [0.2, 0.25) is 0 Å². The first kappa shape index (κ1) is 27.8. The van der Waals surface area contributed by atoms with Crippen LogP contribution < -0.4 is 5.32 Å². The Morgan fingerprint density at radius 2 is 1.95 bits per heavy atom. The lowest BCUT2D eigenvalue weighted by Gasteiger charge is -2.27. The number of allylic oxidation sites excluding steroid dienone is 2. The van der Waals surface area contributed by atoms with Gasteiger partial charge in [0, 0.05) is 19.0 Å². The highest BCUT2D eigenvalue weighted by molar-refractivity contribution is 6.00. The number of oxazole rings is 1. The maximum atomic E-state index is 13.1. The summed E-state index contributed by atoms with van der Waals surface area (Å²) in [5, 5.41) is 12.9. The van der Waals surface area contributed by atoms with E-state index in [1.165, 1.54) is 17.1 Å². The van der Waals surface area contributed by atoms with E-state index in [9.17, 15) is 24.3 Å². The second kappa shape index (κ2) is 12.4. The van der Waals surface area contributed by atoms with Crippen LogP contribution in [-0.4, -0.2) is 63.9 Å². The predicted octanol–water partition coefficient (Wildman–Crippen LogP) is 2.27. The lowest BCUT2D eigenvalue weighted by molar-refractivity contribution is -0.149. The summed E-state index contributed by atoms with van der Waals surface area (Å²) < 4.78 is 11.1. The third kappa shape index (κ3) is 7.36. The fraction of sp³-hybridized carbons (Fsp3) is 0.444. The van der Waals surface area contributed by atoms with E-state index >= 15 is 0 Å². The Bertz CT molecular complexity index is 1160. The van der Waals surface area contributed by atoms with Gasteiger partial charge in [0.05, 0.1) is 6.42 Å². The number of nitrogens with zero attached hydrogens (tertiary/aromatic N) is 2. The molecule has 3 atom stereocenters. The van der Waals surface area contributed by atoms with Crippen molar-refractivity contribution >= 4 is 23.6 Å². The first-order valence-corrected chi connectivity index (χ1v) is 12.3. The van der Waals surface area contributed by atoms with Gasteiger partial charge in [0.15, 0.2) is 11.5 Å². The maximum absolute atomic E-state index is 13.1. The van der Waals surface area contributed by atoms with Crippen LogP contribution in [0.4, 0.5) is 0 Å². The largest absolute Gasteiger partial charge is 0.457 e. The summed E-state index contributed by atoms with van der Waals surface area (Å²) in [6.07, 6.45) is 8.80. The third-order valence-electron chi connectivity index (χ3n) is 6.03. The molecule has 2 bridgehead atoms. The first-order chi connectivity index (χ1) is 17.6. The van der Waals surface area contributed by atoms with Crippen LogP contribution in [0.15, 0.2) is 58.4 Å². The monoisotopic (exact) mass is 511 g/mol. The first-order valence-electron chi connectivity index (χ1n) is 12.3. The van der Waals surface area contributed by atoms with Crippen molar-refractivity contribution in [3.8, 4) is 0 Å². The fourth-order valence-electron chi connectivity index (χ4n) is 4.09. The summed E-state index contributed by atoms with van der Waals surface area (Å²) in [7, 11) is 0. The number of hydrogen-bond acceptors (Lipinski definition) is 8. The van der Waals surface area contributed by atoms with Crippen molar-refractivity contribution in [2.45, 2.75) is 52.7 Å². The second-order valence-electron chi connectivity index (χ2n) is 9.44. The van der Waals surface area contributed by atoms with Crippen molar-refractivity contribution in [3.05, 3.63) is 65.6 Å². The number of esters is 1. The SMILES string of the molecule is CC1=C[C@@H](O)C(=O)Cc2nc(co2)C(=O)N2CCC=C2C(=O)OC(C(C)C)C(C)/C=C\C(=O)NCC=C1. The van der Waals surface area contributed by atoms with Gasteiger partial charge in [-0.15, -0.1) is 0 Å². The zero-order chi connectivity index (χ0) is 27.1. The number of aliphatic hydroxyl groups excluding tert-OH is 1. The van der Waals surface area contributed by atoms with Gasteiger partial charge in [0.25, 0.3) is 5.91 Å². The number of aliphatic hydroxyl groups is 1. The molecular formula is C27H33N3O7. The van der Waals surface area contributed by atoms with E-state index in [1.807, 2.05) is 20.8 Å². The Morgan fingerprint density at radius 1 is 1.19 bits per heavy atom. The standard InChI is InChI=1S/C27H33N3O7/c1-16(2)25-18(4)9-10-23(33)28-11-5-7-17(3)13-21(31)22(32)14-24-29-19(15-36-24)26(34)30-12-6-8-20(30)27(35)37-25/h5,7-10,13,15-16,18,21,25,31H,6,11-12,14H2,1-4H3,(H,28,33)/b7-5?,10-9-,17-13?/t18?,21-,25?/m1/s1. The zero-order valence-corrected chi connectivity index (χ0v) is 21.5. The molecule has 0 fully saturated rings. The van der Waals surface area contributed by atoms with E-state index in [1.54, 1.807) is 31.2 Å². The number of hydrogen-bond donors (Lipinski definition) is 2. The molecule has 0 saturated heterocycles. The van der Waals surface area contributed by atoms with Gasteiger partial charge in [0.1, 0.15) is 24.2 Å². The van der Waals surface area contributed by atoms with Gasteiger partial charge in [0.2, 0.25) is 11.8 Å². The molecule has 1 aromatic heterocycles. The quantitative estimate of drug-likeness (QED) is 0.548. The Balaban J connectivity index is 1.90. The smallest absolute Gasteiger partial charge is 0.355 e. The molecule has 0 aromatic carbocycles. The van der Waals surface area contributed by atoms with E-state index in [-0.39, 0.29) is 54.5 Å². The molecule has 0 spiro atoms. The number of amides is 2. The molecule has 10 heteroatoms. The average Bonchev–Trinajstić information content (AvgIpc) is 3.52. The molecule has 198 valence electrons. The summed E-state index contributed by atoms with van der Waals surface area (Å²) in [6.45, 7) is 7.90. The predicted molar refractivity (Wildman–Crippen MR) is 134 cm³/mol. The molecule has 0 saturated carbocycles. The van der Waals surface area contributed by atoms with Crippen LogP contribution >= 0.6 is 0 Å². The number of carbonyl (C=O) groups excluding carboxylic acids is 4. The zero-order valence-electron chi connectivity index (χ0n) is 21.5. The van der Waals surface area contributed by atoms with E-state index < -0.39 is 29.9 Å². The summed E-state index contributed by atoms with van der Waals surface area (Å²) >= 11 is 0. The van der Waals surface area contributed by atoms with Gasteiger partial charge in [-0.25, -0.2) is 9.78 Å². The number of aromatic nitrogens is 1. The summed E-state index contributed by atoms with van der Waals surface area (Å²) in [4.78, 5) is 56.2. The molecule has 3 heterocycles. The van der Waals surface area contributed by atoms with Gasteiger partial charge in [-0.05, 0) is 31.4 Å². The number of Topliss-reactive ketones (excluding diaryl/α,β-unsaturated/α-hetero) is 1. The number of ketones is 1. The van der Waals surface area contributed by atoms with Gasteiger partial charge in [-0.2, -0.15) is 0 Å². The van der Waals surface area contributed by atoms with Gasteiger partial charge in [-0.1, -0.05) is 50.6 Å². The lowest BCUT2D eigenvalue weighted by atomic mass is 9.94. The van der Waals surface area contributed by atoms with Crippen molar-refractivity contribution in [1.82, 2.24) is 15.2 Å². The van der Waals surface area contributed by atoms with Crippen LogP contribution in [0.1, 0.15) is 50.5 Å². The van der Waals surface area contributed by atoms with Crippen molar-refractivity contribution in [2.24, 2.45) is 11.8 Å². The molecule has 2 aliphatic heterocycles. The Labute approximate surface area is 215 Å². The maximum Gasteiger partial charge on any atom is 0.355 e. The number of ether oxygens (including phenoxy) is 1. The molecule has 2 unspecified atom stereocenters.